The molecule has 5 nitrogen and oxygen atoms in total. The number of hydrogen-bond acceptors (Lipinski definition) is 3. The van der Waals surface area contributed by atoms with Crippen LogP contribution < -0.4 is 0 Å². The van der Waals surface area contributed by atoms with E-state index in [-0.39, 0.29) is 23.4 Å². The number of piperidine rings is 1. The summed E-state index contributed by atoms with van der Waals surface area (Å²) in [4.78, 5) is 18.7. The molecule has 1 saturated carbocycles. The molecule has 2 aromatic rings. The van der Waals surface area contributed by atoms with E-state index in [1.165, 1.54) is 0 Å². The summed E-state index contributed by atoms with van der Waals surface area (Å²) in [5, 5.41) is 4.22. The van der Waals surface area contributed by atoms with Crippen molar-refractivity contribution in [2.45, 2.75) is 57.5 Å². The number of nitrogens with zero attached hydrogens (tertiary/aromatic N) is 4. The number of fused-ring (bicyclic) bond motifs is 1. The average molecular weight is 380 g/mol. The highest BCUT2D eigenvalue weighted by atomic mass is 19.4. The van der Waals surface area contributed by atoms with Gasteiger partial charge in [-0.05, 0) is 38.7 Å². The smallest absolute Gasteiger partial charge is 0.342 e. The SMILES string of the molecule is Cc1cc(C(F)(F)F)n2nc(C3CCN(C(=O)C4CCCC4)CC3)cc2n1. The number of rotatable bonds is 2. The number of carbonyl (C=O) groups excluding carboxylic acids is 1. The van der Waals surface area contributed by atoms with Crippen molar-refractivity contribution in [3.05, 3.63) is 29.2 Å². The van der Waals surface area contributed by atoms with Gasteiger partial charge in [-0.2, -0.15) is 18.3 Å². The zero-order valence-electron chi connectivity index (χ0n) is 15.3. The van der Waals surface area contributed by atoms with Crippen LogP contribution in [0.5, 0.6) is 0 Å². The highest BCUT2D eigenvalue weighted by Gasteiger charge is 2.36. The van der Waals surface area contributed by atoms with Crippen molar-refractivity contribution in [1.29, 1.82) is 0 Å². The Kier molecular flexibility index (Phi) is 4.60. The van der Waals surface area contributed by atoms with Crippen LogP contribution in [0, 0.1) is 12.8 Å². The lowest BCUT2D eigenvalue weighted by Gasteiger charge is -2.33. The molecule has 3 heterocycles. The minimum absolute atomic E-state index is 0.0562. The van der Waals surface area contributed by atoms with Crippen molar-refractivity contribution in [2.75, 3.05) is 13.1 Å². The molecule has 1 amide bonds. The number of amides is 1. The number of alkyl halides is 3. The summed E-state index contributed by atoms with van der Waals surface area (Å²) in [7, 11) is 0. The molecule has 146 valence electrons. The zero-order chi connectivity index (χ0) is 19.2. The lowest BCUT2D eigenvalue weighted by Crippen LogP contribution is -2.40. The monoisotopic (exact) mass is 380 g/mol. The first kappa shape index (κ1) is 18.3. The van der Waals surface area contributed by atoms with Crippen molar-refractivity contribution in [1.82, 2.24) is 19.5 Å². The fraction of sp³-hybridized carbons (Fsp3) is 0.632. The normalized spacial score (nSPS) is 19.9. The van der Waals surface area contributed by atoms with E-state index in [1.807, 2.05) is 4.90 Å². The summed E-state index contributed by atoms with van der Waals surface area (Å²) in [6, 6.07) is 2.67. The third-order valence-electron chi connectivity index (χ3n) is 5.79. The maximum atomic E-state index is 13.3. The second-order valence-electron chi connectivity index (χ2n) is 7.70. The Morgan fingerprint density at radius 1 is 1.11 bits per heavy atom. The number of likely N-dealkylation sites (tertiary alicyclic amines) is 1. The second-order valence-corrected chi connectivity index (χ2v) is 7.70. The Balaban J connectivity index is 1.51. The molecule has 8 heteroatoms. The van der Waals surface area contributed by atoms with Crippen LogP contribution in [0.3, 0.4) is 0 Å². The maximum absolute atomic E-state index is 13.3. The van der Waals surface area contributed by atoms with Crippen LogP contribution in [-0.4, -0.2) is 38.5 Å². The number of aromatic nitrogens is 3. The number of hydrogen-bond donors (Lipinski definition) is 0. The fourth-order valence-corrected chi connectivity index (χ4v) is 4.35. The van der Waals surface area contributed by atoms with Gasteiger partial charge in [-0.15, -0.1) is 0 Å². The molecule has 0 atom stereocenters. The minimum atomic E-state index is -4.48. The Bertz CT molecular complexity index is 846. The molecule has 0 aromatic carbocycles. The van der Waals surface area contributed by atoms with Crippen LogP contribution >= 0.6 is 0 Å². The van der Waals surface area contributed by atoms with Gasteiger partial charge in [0.05, 0.1) is 5.69 Å². The summed E-state index contributed by atoms with van der Waals surface area (Å²) in [5.74, 6) is 0.469. The van der Waals surface area contributed by atoms with Gasteiger partial charge in [-0.3, -0.25) is 4.79 Å². The van der Waals surface area contributed by atoms with Crippen molar-refractivity contribution < 1.29 is 18.0 Å². The molecule has 1 aliphatic carbocycles. The first-order valence-corrected chi connectivity index (χ1v) is 9.56. The summed E-state index contributed by atoms with van der Waals surface area (Å²) in [5.41, 5.74) is 0.372. The van der Waals surface area contributed by atoms with E-state index in [0.717, 1.165) is 49.1 Å². The molecule has 0 spiro atoms. The molecule has 1 saturated heterocycles. The lowest BCUT2D eigenvalue weighted by atomic mass is 9.92. The van der Waals surface area contributed by atoms with E-state index in [4.69, 9.17) is 0 Å². The topological polar surface area (TPSA) is 50.5 Å². The van der Waals surface area contributed by atoms with Crippen molar-refractivity contribution >= 4 is 11.6 Å². The molecule has 0 unspecified atom stereocenters. The predicted molar refractivity (Wildman–Crippen MR) is 93.2 cm³/mol. The van der Waals surface area contributed by atoms with Gasteiger partial charge in [0.25, 0.3) is 0 Å². The molecule has 4 rings (SSSR count). The first-order valence-electron chi connectivity index (χ1n) is 9.56. The van der Waals surface area contributed by atoms with E-state index in [1.54, 1.807) is 13.0 Å². The van der Waals surface area contributed by atoms with Crippen LogP contribution in [0.2, 0.25) is 0 Å². The molecule has 0 N–H and O–H groups in total. The van der Waals surface area contributed by atoms with Gasteiger partial charge >= 0.3 is 6.18 Å². The number of aryl methyl sites for hydroxylation is 1. The summed E-state index contributed by atoms with van der Waals surface area (Å²) in [6.45, 7) is 2.84. The maximum Gasteiger partial charge on any atom is 0.433 e. The third-order valence-corrected chi connectivity index (χ3v) is 5.79. The molecule has 2 aliphatic rings. The minimum Gasteiger partial charge on any atom is -0.342 e. The average Bonchev–Trinajstić information content (AvgIpc) is 3.29. The largest absolute Gasteiger partial charge is 0.433 e. The van der Waals surface area contributed by atoms with Gasteiger partial charge < -0.3 is 4.90 Å². The second kappa shape index (κ2) is 6.80. The van der Waals surface area contributed by atoms with Crippen molar-refractivity contribution in [3.8, 4) is 0 Å². The Morgan fingerprint density at radius 3 is 2.41 bits per heavy atom. The molecular formula is C19H23F3N4O. The molecule has 0 bridgehead atoms. The Labute approximate surface area is 155 Å². The Hall–Kier alpha value is -2.12. The van der Waals surface area contributed by atoms with Gasteiger partial charge in [0.15, 0.2) is 5.65 Å². The molecule has 0 radical (unpaired) electrons. The van der Waals surface area contributed by atoms with Gasteiger partial charge in [-0.25, -0.2) is 9.50 Å². The summed E-state index contributed by atoms with van der Waals surface area (Å²) in [6.07, 6.45) is 1.19. The van der Waals surface area contributed by atoms with Crippen LogP contribution in [-0.2, 0) is 11.0 Å². The molecule has 1 aliphatic heterocycles. The Morgan fingerprint density at radius 2 is 1.78 bits per heavy atom. The first-order chi connectivity index (χ1) is 12.8. The number of carbonyl (C=O) groups is 1. The van der Waals surface area contributed by atoms with Crippen LogP contribution in [0.15, 0.2) is 12.1 Å². The van der Waals surface area contributed by atoms with Gasteiger partial charge in [0.1, 0.15) is 5.69 Å². The molecular weight excluding hydrogens is 357 g/mol. The molecule has 2 aromatic heterocycles. The fourth-order valence-electron chi connectivity index (χ4n) is 4.35. The number of halogens is 3. The highest BCUT2D eigenvalue weighted by molar-refractivity contribution is 5.79. The van der Waals surface area contributed by atoms with E-state index in [9.17, 15) is 18.0 Å². The van der Waals surface area contributed by atoms with E-state index >= 15 is 0 Å². The standard InChI is InChI=1S/C19H23F3N4O/c1-12-10-16(19(20,21)22)26-17(23-12)11-15(24-26)13-6-8-25(9-7-13)18(27)14-4-2-3-5-14/h10-11,13-14H,2-9H2,1H3. The van der Waals surface area contributed by atoms with E-state index in [2.05, 4.69) is 10.1 Å². The third kappa shape index (κ3) is 3.53. The highest BCUT2D eigenvalue weighted by Crippen LogP contribution is 2.34. The molecule has 2 fully saturated rings. The predicted octanol–water partition coefficient (Wildman–Crippen LogP) is 3.95. The van der Waals surface area contributed by atoms with E-state index < -0.39 is 11.9 Å². The van der Waals surface area contributed by atoms with Gasteiger partial charge in [0, 0.05) is 36.7 Å². The van der Waals surface area contributed by atoms with Gasteiger partial charge in [-0.1, -0.05) is 12.8 Å². The van der Waals surface area contributed by atoms with E-state index in [0.29, 0.717) is 24.5 Å². The summed E-state index contributed by atoms with van der Waals surface area (Å²) < 4.78 is 40.8. The zero-order valence-corrected chi connectivity index (χ0v) is 15.3. The van der Waals surface area contributed by atoms with Gasteiger partial charge in [0.2, 0.25) is 5.91 Å². The van der Waals surface area contributed by atoms with Crippen LogP contribution in [0.25, 0.3) is 5.65 Å². The van der Waals surface area contributed by atoms with Crippen molar-refractivity contribution in [3.63, 3.8) is 0 Å². The van der Waals surface area contributed by atoms with Crippen molar-refractivity contribution in [2.24, 2.45) is 5.92 Å². The van der Waals surface area contributed by atoms with Crippen LogP contribution in [0.4, 0.5) is 13.2 Å². The lowest BCUT2D eigenvalue weighted by molar-refractivity contribution is -0.142. The quantitative estimate of drug-likeness (QED) is 0.793. The van der Waals surface area contributed by atoms with Crippen LogP contribution in [0.1, 0.15) is 61.5 Å². The summed E-state index contributed by atoms with van der Waals surface area (Å²) >= 11 is 0. The molecule has 27 heavy (non-hydrogen) atoms.